The molecular weight excluding hydrogens is 260 g/mol. The van der Waals surface area contributed by atoms with Crippen molar-refractivity contribution >= 4 is 11.6 Å². The van der Waals surface area contributed by atoms with E-state index in [0.29, 0.717) is 6.04 Å². The number of hydrogen-bond acceptors (Lipinski definition) is 3. The molecule has 0 aromatic heterocycles. The van der Waals surface area contributed by atoms with Crippen LogP contribution < -0.4 is 10.5 Å². The number of likely N-dealkylation sites (N-methyl/N-ethyl adjacent to an activating group) is 1. The SMILES string of the molecule is CN(CCCOc1ccc(Cl)cc1)C(CN)C1CC1. The minimum Gasteiger partial charge on any atom is -0.494 e. The molecule has 106 valence electrons. The van der Waals surface area contributed by atoms with Crippen LogP contribution in [0.25, 0.3) is 0 Å². The topological polar surface area (TPSA) is 38.5 Å². The molecule has 1 aliphatic carbocycles. The van der Waals surface area contributed by atoms with Crippen molar-refractivity contribution in [2.75, 3.05) is 26.7 Å². The zero-order valence-corrected chi connectivity index (χ0v) is 12.3. The summed E-state index contributed by atoms with van der Waals surface area (Å²) in [6.07, 6.45) is 3.70. The van der Waals surface area contributed by atoms with Crippen molar-refractivity contribution in [1.82, 2.24) is 4.90 Å². The second kappa shape index (κ2) is 7.13. The van der Waals surface area contributed by atoms with Crippen molar-refractivity contribution in [3.05, 3.63) is 29.3 Å². The lowest BCUT2D eigenvalue weighted by Crippen LogP contribution is -2.40. The summed E-state index contributed by atoms with van der Waals surface area (Å²) in [5, 5.41) is 0.738. The van der Waals surface area contributed by atoms with Crippen molar-refractivity contribution in [2.45, 2.75) is 25.3 Å². The number of ether oxygens (including phenoxy) is 1. The van der Waals surface area contributed by atoms with E-state index in [1.165, 1.54) is 12.8 Å². The Labute approximate surface area is 120 Å². The lowest BCUT2D eigenvalue weighted by molar-refractivity contribution is 0.201. The van der Waals surface area contributed by atoms with Gasteiger partial charge in [-0.3, -0.25) is 0 Å². The fourth-order valence-corrected chi connectivity index (χ4v) is 2.54. The monoisotopic (exact) mass is 282 g/mol. The molecule has 0 spiro atoms. The Morgan fingerprint density at radius 3 is 2.63 bits per heavy atom. The Bertz CT molecular complexity index is 378. The standard InChI is InChI=1S/C15H23ClN2O/c1-18(15(11-17)12-3-4-12)9-2-10-19-14-7-5-13(16)6-8-14/h5-8,12,15H,2-4,9-11,17H2,1H3. The van der Waals surface area contributed by atoms with Crippen molar-refractivity contribution in [2.24, 2.45) is 11.7 Å². The quantitative estimate of drug-likeness (QED) is 0.745. The van der Waals surface area contributed by atoms with E-state index in [4.69, 9.17) is 22.1 Å². The van der Waals surface area contributed by atoms with Crippen LogP contribution in [0.5, 0.6) is 5.75 Å². The third-order valence-electron chi connectivity index (χ3n) is 3.71. The maximum atomic E-state index is 5.84. The fraction of sp³-hybridized carbons (Fsp3) is 0.600. The van der Waals surface area contributed by atoms with Crippen LogP contribution in [0.3, 0.4) is 0 Å². The number of nitrogens with two attached hydrogens (primary N) is 1. The first kappa shape index (κ1) is 14.6. The molecule has 0 amide bonds. The van der Waals surface area contributed by atoms with Gasteiger partial charge < -0.3 is 15.4 Å². The maximum absolute atomic E-state index is 5.84. The van der Waals surface area contributed by atoms with Crippen molar-refractivity contribution in [3.8, 4) is 5.75 Å². The van der Waals surface area contributed by atoms with Crippen LogP contribution in [-0.2, 0) is 0 Å². The molecule has 0 aliphatic heterocycles. The first-order valence-corrected chi connectivity index (χ1v) is 7.37. The summed E-state index contributed by atoms with van der Waals surface area (Å²) in [4.78, 5) is 2.38. The number of halogens is 1. The maximum Gasteiger partial charge on any atom is 0.119 e. The number of hydrogen-bond donors (Lipinski definition) is 1. The molecule has 4 heteroatoms. The molecular formula is C15H23ClN2O. The van der Waals surface area contributed by atoms with Crippen molar-refractivity contribution in [1.29, 1.82) is 0 Å². The lowest BCUT2D eigenvalue weighted by Gasteiger charge is -2.26. The smallest absolute Gasteiger partial charge is 0.119 e. The first-order chi connectivity index (χ1) is 9.20. The molecule has 1 aromatic carbocycles. The van der Waals surface area contributed by atoms with Gasteiger partial charge in [-0.25, -0.2) is 0 Å². The molecule has 1 atom stereocenters. The van der Waals surface area contributed by atoms with E-state index in [-0.39, 0.29) is 0 Å². The predicted molar refractivity (Wildman–Crippen MR) is 79.8 cm³/mol. The second-order valence-electron chi connectivity index (χ2n) is 5.28. The van der Waals surface area contributed by atoms with Crippen LogP contribution in [0.4, 0.5) is 0 Å². The van der Waals surface area contributed by atoms with Crippen molar-refractivity contribution in [3.63, 3.8) is 0 Å². The summed E-state index contributed by atoms with van der Waals surface area (Å²) in [5.74, 6) is 1.71. The van der Waals surface area contributed by atoms with Gasteiger partial charge in [0.25, 0.3) is 0 Å². The number of rotatable bonds is 8. The van der Waals surface area contributed by atoms with E-state index in [0.717, 1.165) is 42.8 Å². The summed E-state index contributed by atoms with van der Waals surface area (Å²) in [6.45, 7) is 2.53. The molecule has 2 N–H and O–H groups in total. The van der Waals surface area contributed by atoms with Crippen LogP contribution >= 0.6 is 11.6 Å². The number of benzene rings is 1. The van der Waals surface area contributed by atoms with Gasteiger partial charge in [0.15, 0.2) is 0 Å². The molecule has 0 bridgehead atoms. The first-order valence-electron chi connectivity index (χ1n) is 6.99. The van der Waals surface area contributed by atoms with Crippen LogP contribution in [0, 0.1) is 5.92 Å². The molecule has 0 radical (unpaired) electrons. The van der Waals surface area contributed by atoms with E-state index in [9.17, 15) is 0 Å². The van der Waals surface area contributed by atoms with Crippen LogP contribution in [0.1, 0.15) is 19.3 Å². The highest BCUT2D eigenvalue weighted by molar-refractivity contribution is 6.30. The predicted octanol–water partition coefficient (Wildman–Crippen LogP) is 2.78. The highest BCUT2D eigenvalue weighted by Crippen LogP contribution is 2.34. The Balaban J connectivity index is 1.64. The van der Waals surface area contributed by atoms with E-state index < -0.39 is 0 Å². The van der Waals surface area contributed by atoms with Gasteiger partial charge in [0.05, 0.1) is 6.61 Å². The highest BCUT2D eigenvalue weighted by Gasteiger charge is 2.32. The van der Waals surface area contributed by atoms with Crippen LogP contribution in [-0.4, -0.2) is 37.7 Å². The van der Waals surface area contributed by atoms with E-state index in [1.807, 2.05) is 24.3 Å². The molecule has 19 heavy (non-hydrogen) atoms. The molecule has 0 saturated heterocycles. The zero-order valence-electron chi connectivity index (χ0n) is 11.5. The van der Waals surface area contributed by atoms with E-state index >= 15 is 0 Å². The Hall–Kier alpha value is -0.770. The minimum absolute atomic E-state index is 0.551. The fourth-order valence-electron chi connectivity index (χ4n) is 2.41. The number of nitrogens with zero attached hydrogens (tertiary/aromatic N) is 1. The van der Waals surface area contributed by atoms with E-state index in [2.05, 4.69) is 11.9 Å². The second-order valence-corrected chi connectivity index (χ2v) is 5.71. The Morgan fingerprint density at radius 2 is 2.05 bits per heavy atom. The summed E-state index contributed by atoms with van der Waals surface area (Å²) in [5.41, 5.74) is 5.84. The summed E-state index contributed by atoms with van der Waals surface area (Å²) in [6, 6.07) is 8.05. The van der Waals surface area contributed by atoms with Crippen molar-refractivity contribution < 1.29 is 4.74 Å². The van der Waals surface area contributed by atoms with E-state index in [1.54, 1.807) is 0 Å². The zero-order chi connectivity index (χ0) is 13.7. The van der Waals surface area contributed by atoms with Gasteiger partial charge in [-0.15, -0.1) is 0 Å². The average molecular weight is 283 g/mol. The van der Waals surface area contributed by atoms with Gasteiger partial charge in [0.1, 0.15) is 5.75 Å². The molecule has 3 nitrogen and oxygen atoms in total. The molecule has 2 rings (SSSR count). The third kappa shape index (κ3) is 4.68. The molecule has 1 aromatic rings. The van der Waals surface area contributed by atoms with Gasteiger partial charge >= 0.3 is 0 Å². The Morgan fingerprint density at radius 1 is 1.37 bits per heavy atom. The van der Waals surface area contributed by atoms with Gasteiger partial charge in [0.2, 0.25) is 0 Å². The Kier molecular flexibility index (Phi) is 5.49. The molecule has 0 heterocycles. The van der Waals surface area contributed by atoms with Gasteiger partial charge in [-0.2, -0.15) is 0 Å². The lowest BCUT2D eigenvalue weighted by atomic mass is 10.1. The third-order valence-corrected chi connectivity index (χ3v) is 3.96. The summed E-state index contributed by atoms with van der Waals surface area (Å²) in [7, 11) is 2.16. The summed E-state index contributed by atoms with van der Waals surface area (Å²) < 4.78 is 5.68. The van der Waals surface area contributed by atoms with Gasteiger partial charge in [-0.1, -0.05) is 11.6 Å². The highest BCUT2D eigenvalue weighted by atomic mass is 35.5. The summed E-state index contributed by atoms with van der Waals surface area (Å²) >= 11 is 5.83. The van der Waals surface area contributed by atoms with Gasteiger partial charge in [-0.05, 0) is 56.5 Å². The molecule has 1 unspecified atom stereocenters. The van der Waals surface area contributed by atoms with Gasteiger partial charge in [0, 0.05) is 24.2 Å². The largest absolute Gasteiger partial charge is 0.494 e. The molecule has 1 aliphatic rings. The molecule has 1 fully saturated rings. The minimum atomic E-state index is 0.551. The van der Waals surface area contributed by atoms with Crippen LogP contribution in [0.15, 0.2) is 24.3 Å². The normalized spacial score (nSPS) is 16.6. The molecule has 1 saturated carbocycles. The average Bonchev–Trinajstić information content (AvgIpc) is 3.22. The van der Waals surface area contributed by atoms with Crippen LogP contribution in [0.2, 0.25) is 5.02 Å².